The topological polar surface area (TPSA) is 78.9 Å². The van der Waals surface area contributed by atoms with Crippen molar-refractivity contribution >= 4 is 12.0 Å². The Balaban J connectivity index is 1.98. The summed E-state index contributed by atoms with van der Waals surface area (Å²) >= 11 is 0. The van der Waals surface area contributed by atoms with E-state index in [1.807, 2.05) is 32.0 Å². The number of nitrogens with zero attached hydrogens (tertiary/aromatic N) is 1. The van der Waals surface area contributed by atoms with E-state index in [0.29, 0.717) is 19.4 Å². The minimum absolute atomic E-state index is 0.00445. The van der Waals surface area contributed by atoms with E-state index in [1.165, 1.54) is 0 Å². The van der Waals surface area contributed by atoms with Gasteiger partial charge in [0.1, 0.15) is 5.60 Å². The Morgan fingerprint density at radius 1 is 1.38 bits per heavy atom. The second-order valence-electron chi connectivity index (χ2n) is 7.93. The molecule has 0 bridgehead atoms. The lowest BCUT2D eigenvalue weighted by molar-refractivity contribution is -0.130. The molecule has 1 aliphatic rings. The van der Waals surface area contributed by atoms with Gasteiger partial charge in [-0.3, -0.25) is 4.79 Å². The summed E-state index contributed by atoms with van der Waals surface area (Å²) in [6.45, 7) is 10.0. The summed E-state index contributed by atoms with van der Waals surface area (Å²) in [6.07, 6.45) is -0.210. The summed E-state index contributed by atoms with van der Waals surface area (Å²) < 4.78 is 5.20. The number of aliphatic hydroxyl groups excluding tert-OH is 1. The number of hydrogen-bond acceptors (Lipinski definition) is 4. The molecule has 1 aromatic carbocycles. The highest BCUT2D eigenvalue weighted by atomic mass is 16.6. The summed E-state index contributed by atoms with van der Waals surface area (Å²) in [5, 5.41) is 13.5. The molecule has 2 rings (SSSR count). The predicted molar refractivity (Wildman–Crippen MR) is 99.8 cm³/mol. The lowest BCUT2D eigenvalue weighted by atomic mass is 9.95. The van der Waals surface area contributed by atoms with Gasteiger partial charge in [0.15, 0.2) is 0 Å². The predicted octanol–water partition coefficient (Wildman–Crippen LogP) is 2.85. The van der Waals surface area contributed by atoms with E-state index < -0.39 is 17.8 Å². The van der Waals surface area contributed by atoms with Crippen LogP contribution in [0.15, 0.2) is 18.2 Å². The molecule has 2 amide bonds. The van der Waals surface area contributed by atoms with Crippen LogP contribution in [0.5, 0.6) is 0 Å². The zero-order valence-electron chi connectivity index (χ0n) is 16.3. The van der Waals surface area contributed by atoms with Crippen LogP contribution in [0.3, 0.4) is 0 Å². The molecule has 0 aromatic heterocycles. The molecule has 1 saturated heterocycles. The van der Waals surface area contributed by atoms with Crippen LogP contribution in [0, 0.1) is 13.8 Å². The van der Waals surface area contributed by atoms with Gasteiger partial charge in [0, 0.05) is 19.5 Å². The molecule has 1 aromatic rings. The van der Waals surface area contributed by atoms with E-state index in [4.69, 9.17) is 4.74 Å². The Kier molecular flexibility index (Phi) is 6.29. The molecule has 0 saturated carbocycles. The Bertz CT molecular complexity index is 666. The minimum atomic E-state index is -0.733. The van der Waals surface area contributed by atoms with Crippen molar-refractivity contribution in [1.82, 2.24) is 10.2 Å². The van der Waals surface area contributed by atoms with Crippen LogP contribution in [-0.4, -0.2) is 46.7 Å². The van der Waals surface area contributed by atoms with Crippen LogP contribution in [0.4, 0.5) is 4.79 Å². The lowest BCUT2D eigenvalue weighted by Crippen LogP contribution is -2.43. The van der Waals surface area contributed by atoms with Gasteiger partial charge in [-0.15, -0.1) is 0 Å². The van der Waals surface area contributed by atoms with Crippen LogP contribution in [-0.2, 0) is 9.53 Å². The van der Waals surface area contributed by atoms with E-state index in [0.717, 1.165) is 16.7 Å². The van der Waals surface area contributed by atoms with Gasteiger partial charge in [0.25, 0.3) is 0 Å². The summed E-state index contributed by atoms with van der Waals surface area (Å²) in [7, 11) is 0. The van der Waals surface area contributed by atoms with Gasteiger partial charge in [0.05, 0.1) is 12.1 Å². The highest BCUT2D eigenvalue weighted by Gasteiger charge is 2.36. The number of nitrogens with one attached hydrogen (secondary N) is 1. The summed E-state index contributed by atoms with van der Waals surface area (Å²) in [5.74, 6) is 0.00445. The molecule has 1 aliphatic heterocycles. The number of carbonyl (C=O) groups excluding carboxylic acids is 2. The van der Waals surface area contributed by atoms with E-state index >= 15 is 0 Å². The number of ether oxygens (including phenoxy) is 1. The zero-order valence-corrected chi connectivity index (χ0v) is 16.3. The maximum absolute atomic E-state index is 12.2. The van der Waals surface area contributed by atoms with Crippen molar-refractivity contribution in [3.63, 3.8) is 0 Å². The molecule has 1 heterocycles. The van der Waals surface area contributed by atoms with E-state index in [9.17, 15) is 14.7 Å². The number of hydrogen-bond donors (Lipinski definition) is 2. The molecule has 6 heteroatoms. The third-order valence-electron chi connectivity index (χ3n) is 4.50. The summed E-state index contributed by atoms with van der Waals surface area (Å²) in [4.78, 5) is 25.6. The molecule has 26 heavy (non-hydrogen) atoms. The number of alkyl carbamates (subject to hydrolysis) is 1. The Morgan fingerprint density at radius 2 is 2.08 bits per heavy atom. The summed E-state index contributed by atoms with van der Waals surface area (Å²) in [6, 6.07) is 5.65. The number of rotatable bonds is 5. The molecule has 1 fully saturated rings. The van der Waals surface area contributed by atoms with Crippen LogP contribution < -0.4 is 5.32 Å². The van der Waals surface area contributed by atoms with Crippen LogP contribution in [0.1, 0.15) is 56.4 Å². The van der Waals surface area contributed by atoms with Crippen molar-refractivity contribution in [2.75, 3.05) is 13.1 Å². The molecular formula is C20H30N2O4. The van der Waals surface area contributed by atoms with Gasteiger partial charge in [-0.2, -0.15) is 0 Å². The average Bonchev–Trinajstić information content (AvgIpc) is 2.86. The SMILES string of the molecule is Cc1ccc([C@@H](O)C2CCC(=O)N2CCNC(=O)OC(C)(C)C)c(C)c1. The van der Waals surface area contributed by atoms with Gasteiger partial charge < -0.3 is 20.1 Å². The first-order chi connectivity index (χ1) is 12.1. The fourth-order valence-electron chi connectivity index (χ4n) is 3.33. The molecular weight excluding hydrogens is 332 g/mol. The number of benzene rings is 1. The standard InChI is InChI=1S/C20H30N2O4/c1-13-6-7-15(14(2)12-13)18(24)16-8-9-17(23)22(16)11-10-21-19(25)26-20(3,4)5/h6-7,12,16,18,24H,8-11H2,1-5H3,(H,21,25)/t16?,18-/m1/s1. The largest absolute Gasteiger partial charge is 0.444 e. The first-order valence-corrected chi connectivity index (χ1v) is 9.10. The fourth-order valence-corrected chi connectivity index (χ4v) is 3.33. The Labute approximate surface area is 155 Å². The van der Waals surface area contributed by atoms with E-state index in [-0.39, 0.29) is 18.5 Å². The third-order valence-corrected chi connectivity index (χ3v) is 4.50. The number of likely N-dealkylation sites (tertiary alicyclic amines) is 1. The molecule has 144 valence electrons. The second kappa shape index (κ2) is 8.08. The normalized spacial score (nSPS) is 18.8. The quantitative estimate of drug-likeness (QED) is 0.844. The van der Waals surface area contributed by atoms with Crippen LogP contribution in [0.2, 0.25) is 0 Å². The van der Waals surface area contributed by atoms with Crippen molar-refractivity contribution in [1.29, 1.82) is 0 Å². The first-order valence-electron chi connectivity index (χ1n) is 9.10. The average molecular weight is 362 g/mol. The van der Waals surface area contributed by atoms with Gasteiger partial charge in [-0.25, -0.2) is 4.79 Å². The number of amides is 2. The molecule has 2 atom stereocenters. The maximum atomic E-state index is 12.2. The monoisotopic (exact) mass is 362 g/mol. The van der Waals surface area contributed by atoms with Crippen LogP contribution >= 0.6 is 0 Å². The van der Waals surface area contributed by atoms with E-state index in [1.54, 1.807) is 25.7 Å². The zero-order chi connectivity index (χ0) is 19.5. The second-order valence-corrected chi connectivity index (χ2v) is 7.93. The molecule has 1 unspecified atom stereocenters. The Morgan fingerprint density at radius 3 is 2.69 bits per heavy atom. The summed E-state index contributed by atoms with van der Waals surface area (Å²) in [5.41, 5.74) is 2.44. The number of aliphatic hydroxyl groups is 1. The van der Waals surface area contributed by atoms with Crippen molar-refractivity contribution in [2.24, 2.45) is 0 Å². The van der Waals surface area contributed by atoms with E-state index in [2.05, 4.69) is 5.32 Å². The van der Waals surface area contributed by atoms with Crippen molar-refractivity contribution in [3.8, 4) is 0 Å². The highest BCUT2D eigenvalue weighted by Crippen LogP contribution is 2.31. The highest BCUT2D eigenvalue weighted by molar-refractivity contribution is 5.79. The van der Waals surface area contributed by atoms with Gasteiger partial charge in [-0.05, 0) is 52.2 Å². The molecule has 0 spiro atoms. The van der Waals surface area contributed by atoms with Gasteiger partial charge >= 0.3 is 6.09 Å². The third kappa shape index (κ3) is 5.21. The van der Waals surface area contributed by atoms with Crippen molar-refractivity contribution in [2.45, 2.75) is 65.2 Å². The number of aryl methyl sites for hydroxylation is 2. The fraction of sp³-hybridized carbons (Fsp3) is 0.600. The van der Waals surface area contributed by atoms with Crippen molar-refractivity contribution in [3.05, 3.63) is 34.9 Å². The molecule has 6 nitrogen and oxygen atoms in total. The first kappa shape index (κ1) is 20.2. The molecule has 2 N–H and O–H groups in total. The van der Waals surface area contributed by atoms with Gasteiger partial charge in [-0.1, -0.05) is 23.8 Å². The van der Waals surface area contributed by atoms with Gasteiger partial charge in [0.2, 0.25) is 5.91 Å². The number of carbonyl (C=O) groups is 2. The lowest BCUT2D eigenvalue weighted by Gasteiger charge is -2.30. The molecule has 0 aliphatic carbocycles. The smallest absolute Gasteiger partial charge is 0.407 e. The minimum Gasteiger partial charge on any atom is -0.444 e. The van der Waals surface area contributed by atoms with Crippen molar-refractivity contribution < 1.29 is 19.4 Å². The van der Waals surface area contributed by atoms with Crippen LogP contribution in [0.25, 0.3) is 0 Å². The Hall–Kier alpha value is -2.08. The maximum Gasteiger partial charge on any atom is 0.407 e. The molecule has 0 radical (unpaired) electrons.